The number of alkyl halides is 3. The van der Waals surface area contributed by atoms with E-state index in [4.69, 9.17) is 4.74 Å². The van der Waals surface area contributed by atoms with Gasteiger partial charge < -0.3 is 19.9 Å². The Kier molecular flexibility index (Phi) is 8.38. The van der Waals surface area contributed by atoms with Crippen molar-refractivity contribution in [3.63, 3.8) is 0 Å². The van der Waals surface area contributed by atoms with Crippen LogP contribution in [0.3, 0.4) is 0 Å². The number of thiazole rings is 1. The number of nitrogens with one attached hydrogen (secondary N) is 1. The second kappa shape index (κ2) is 11.4. The molecule has 4 rings (SSSR count). The molecule has 2 amide bonds. The number of rotatable bonds is 7. The first-order valence-electron chi connectivity index (χ1n) is 12.8. The fraction of sp³-hybridized carbons (Fsp3) is 0.500. The minimum atomic E-state index is -4.92. The molecule has 216 valence electrons. The number of anilines is 1. The highest BCUT2D eigenvalue weighted by atomic mass is 32.1. The molecule has 2 aromatic heterocycles. The minimum Gasteiger partial charge on any atom is -0.444 e. The predicted octanol–water partition coefficient (Wildman–Crippen LogP) is 4.02. The van der Waals surface area contributed by atoms with Crippen molar-refractivity contribution in [1.29, 1.82) is 0 Å². The average Bonchev–Trinajstić information content (AvgIpc) is 3.53. The lowest BCUT2D eigenvalue weighted by Crippen LogP contribution is -2.43. The van der Waals surface area contributed by atoms with E-state index in [0.717, 1.165) is 21.8 Å². The molecule has 0 saturated carbocycles. The number of carbonyl (C=O) groups is 2. The Morgan fingerprint density at radius 2 is 1.88 bits per heavy atom. The van der Waals surface area contributed by atoms with Gasteiger partial charge in [-0.15, -0.1) is 0 Å². The van der Waals surface area contributed by atoms with Crippen LogP contribution in [0.2, 0.25) is 0 Å². The summed E-state index contributed by atoms with van der Waals surface area (Å²) in [6.45, 7) is 5.11. The van der Waals surface area contributed by atoms with Crippen LogP contribution in [0.25, 0.3) is 10.3 Å². The highest BCUT2D eigenvalue weighted by Crippen LogP contribution is 2.34. The number of aromatic nitrogens is 3. The second-order valence-corrected chi connectivity index (χ2v) is 11.5. The van der Waals surface area contributed by atoms with Gasteiger partial charge in [-0.05, 0) is 39.2 Å². The van der Waals surface area contributed by atoms with Crippen LogP contribution < -0.4 is 15.8 Å². The summed E-state index contributed by atoms with van der Waals surface area (Å²) in [5, 5.41) is 3.16. The topological polar surface area (TPSA) is 110 Å². The number of benzene rings is 1. The van der Waals surface area contributed by atoms with E-state index >= 15 is 0 Å². The number of fused-ring (bicyclic) bond motifs is 1. The van der Waals surface area contributed by atoms with Gasteiger partial charge in [0, 0.05) is 33.2 Å². The molecule has 40 heavy (non-hydrogen) atoms. The first-order valence-corrected chi connectivity index (χ1v) is 13.6. The Balaban J connectivity index is 1.58. The van der Waals surface area contributed by atoms with Gasteiger partial charge in [-0.25, -0.2) is 14.8 Å². The van der Waals surface area contributed by atoms with Crippen molar-refractivity contribution in [2.24, 2.45) is 0 Å². The average molecular weight is 581 g/mol. The molecule has 1 saturated heterocycles. The molecule has 3 heterocycles. The molecule has 0 spiro atoms. The Bertz CT molecular complexity index is 1430. The Labute approximate surface area is 232 Å². The third-order valence-corrected chi connectivity index (χ3v) is 7.22. The van der Waals surface area contributed by atoms with Crippen molar-refractivity contribution >= 4 is 38.8 Å². The van der Waals surface area contributed by atoms with Crippen molar-refractivity contribution in [3.05, 3.63) is 52.1 Å². The zero-order chi connectivity index (χ0) is 29.2. The summed E-state index contributed by atoms with van der Waals surface area (Å²) < 4.78 is 47.6. The standard InChI is InChI=1S/C26H31F3N6O4S/c1-25(2,3)39-24(38)33(4)13-14-35-21(37)18-20(32-22(35)26(27,28)29)40-23(31-18)34-12-8-11-17(34)19(36)30-15-16-9-6-5-7-10-16/h5-7,9-10,17H,8,11-15H2,1-4H3,(H,30,36)/t17-/m1/s1. The minimum absolute atomic E-state index is 0.167. The summed E-state index contributed by atoms with van der Waals surface area (Å²) in [6, 6.07) is 8.82. The molecule has 1 fully saturated rings. The number of carbonyl (C=O) groups excluding carboxylic acids is 2. The van der Waals surface area contributed by atoms with E-state index in [-0.39, 0.29) is 27.9 Å². The quantitative estimate of drug-likeness (QED) is 0.450. The number of halogens is 3. The number of amides is 2. The smallest absolute Gasteiger partial charge is 0.444 e. The summed E-state index contributed by atoms with van der Waals surface area (Å²) in [4.78, 5) is 49.2. The van der Waals surface area contributed by atoms with Crippen LogP contribution in [0.4, 0.5) is 23.1 Å². The highest BCUT2D eigenvalue weighted by molar-refractivity contribution is 7.21. The molecule has 14 heteroatoms. The van der Waals surface area contributed by atoms with E-state index in [2.05, 4.69) is 15.3 Å². The lowest BCUT2D eigenvalue weighted by Gasteiger charge is -2.25. The maximum atomic E-state index is 14.0. The lowest BCUT2D eigenvalue weighted by atomic mass is 10.2. The number of hydrogen-bond acceptors (Lipinski definition) is 8. The number of hydrogen-bond donors (Lipinski definition) is 1. The molecule has 3 aromatic rings. The Hall–Kier alpha value is -3.68. The molecule has 0 aliphatic carbocycles. The van der Waals surface area contributed by atoms with Gasteiger partial charge in [0.1, 0.15) is 11.6 Å². The Morgan fingerprint density at radius 1 is 1.18 bits per heavy atom. The second-order valence-electron chi connectivity index (χ2n) is 10.5. The monoisotopic (exact) mass is 580 g/mol. The van der Waals surface area contributed by atoms with Gasteiger partial charge in [0.25, 0.3) is 5.56 Å². The summed E-state index contributed by atoms with van der Waals surface area (Å²) >= 11 is 0.845. The van der Waals surface area contributed by atoms with Crippen LogP contribution in [0, 0.1) is 0 Å². The summed E-state index contributed by atoms with van der Waals surface area (Å²) in [5.41, 5.74) is -1.05. The molecule has 1 aromatic carbocycles. The maximum absolute atomic E-state index is 14.0. The highest BCUT2D eigenvalue weighted by Gasteiger charge is 2.39. The number of likely N-dealkylation sites (N-methyl/N-ethyl adjacent to an activating group) is 1. The van der Waals surface area contributed by atoms with Crippen LogP contribution in [0.5, 0.6) is 0 Å². The number of ether oxygens (including phenoxy) is 1. The van der Waals surface area contributed by atoms with Gasteiger partial charge in [-0.1, -0.05) is 41.7 Å². The largest absolute Gasteiger partial charge is 0.449 e. The van der Waals surface area contributed by atoms with Gasteiger partial charge in [0.05, 0.1) is 0 Å². The van der Waals surface area contributed by atoms with Gasteiger partial charge in [-0.3, -0.25) is 14.2 Å². The zero-order valence-electron chi connectivity index (χ0n) is 22.6. The first-order chi connectivity index (χ1) is 18.7. The van der Waals surface area contributed by atoms with Crippen molar-refractivity contribution in [2.45, 2.75) is 64.5 Å². The van der Waals surface area contributed by atoms with Crippen LogP contribution in [0.1, 0.15) is 45.0 Å². The lowest BCUT2D eigenvalue weighted by molar-refractivity contribution is -0.148. The molecule has 10 nitrogen and oxygen atoms in total. The third-order valence-electron chi connectivity index (χ3n) is 6.24. The molecular formula is C26H31F3N6O4S. The van der Waals surface area contributed by atoms with Crippen LogP contribution in [-0.4, -0.2) is 63.2 Å². The van der Waals surface area contributed by atoms with Crippen LogP contribution in [-0.2, 0) is 28.8 Å². The van der Waals surface area contributed by atoms with E-state index in [9.17, 15) is 27.6 Å². The molecular weight excluding hydrogens is 549 g/mol. The van der Waals surface area contributed by atoms with Crippen molar-refractivity contribution in [3.8, 4) is 0 Å². The zero-order valence-corrected chi connectivity index (χ0v) is 23.4. The third kappa shape index (κ3) is 6.72. The molecule has 1 aliphatic heterocycles. The molecule has 1 aliphatic rings. The molecule has 1 atom stereocenters. The normalized spacial score (nSPS) is 15.9. The van der Waals surface area contributed by atoms with Gasteiger partial charge in [0.2, 0.25) is 11.7 Å². The fourth-order valence-corrected chi connectivity index (χ4v) is 5.30. The van der Waals surface area contributed by atoms with Gasteiger partial charge >= 0.3 is 12.3 Å². The van der Waals surface area contributed by atoms with Gasteiger partial charge in [-0.2, -0.15) is 13.2 Å². The summed E-state index contributed by atoms with van der Waals surface area (Å²) in [5.74, 6) is -1.61. The van der Waals surface area contributed by atoms with E-state index < -0.39 is 41.8 Å². The van der Waals surface area contributed by atoms with E-state index in [1.807, 2.05) is 30.3 Å². The Morgan fingerprint density at radius 3 is 2.52 bits per heavy atom. The van der Waals surface area contributed by atoms with Crippen LogP contribution >= 0.6 is 11.3 Å². The van der Waals surface area contributed by atoms with E-state index in [1.165, 1.54) is 7.05 Å². The molecule has 0 unspecified atom stereocenters. The van der Waals surface area contributed by atoms with E-state index in [1.54, 1.807) is 25.7 Å². The number of nitrogens with zero attached hydrogens (tertiary/aromatic N) is 5. The van der Waals surface area contributed by atoms with Crippen molar-refractivity contribution < 1.29 is 27.5 Å². The SMILES string of the molecule is CN(CCn1c(C(F)(F)F)nc2sc(N3CCC[C@@H]3C(=O)NCc3ccccc3)nc2c1=O)C(=O)OC(C)(C)C. The summed E-state index contributed by atoms with van der Waals surface area (Å²) in [6.07, 6.45) is -4.43. The van der Waals surface area contributed by atoms with Crippen molar-refractivity contribution in [2.75, 3.05) is 25.0 Å². The maximum Gasteiger partial charge on any atom is 0.449 e. The molecule has 0 radical (unpaired) electrons. The molecule has 0 bridgehead atoms. The van der Waals surface area contributed by atoms with Gasteiger partial charge in [0.15, 0.2) is 15.5 Å². The van der Waals surface area contributed by atoms with E-state index in [0.29, 0.717) is 30.5 Å². The first kappa shape index (κ1) is 29.3. The predicted molar refractivity (Wildman–Crippen MR) is 144 cm³/mol. The fourth-order valence-electron chi connectivity index (χ4n) is 4.30. The molecule has 1 N–H and O–H groups in total. The summed E-state index contributed by atoms with van der Waals surface area (Å²) in [7, 11) is 1.37. The van der Waals surface area contributed by atoms with Crippen LogP contribution in [0.15, 0.2) is 35.1 Å². The van der Waals surface area contributed by atoms with Crippen molar-refractivity contribution in [1.82, 2.24) is 24.8 Å².